The zero-order valence-corrected chi connectivity index (χ0v) is 17.4. The number of hydrogen-bond acceptors (Lipinski definition) is 6. The molecule has 1 aliphatic rings. The summed E-state index contributed by atoms with van der Waals surface area (Å²) in [4.78, 5) is 14.4. The van der Waals surface area contributed by atoms with Crippen molar-refractivity contribution in [3.8, 4) is 0 Å². The van der Waals surface area contributed by atoms with E-state index in [0.717, 1.165) is 63.6 Å². The Labute approximate surface area is 171 Å². The van der Waals surface area contributed by atoms with Crippen molar-refractivity contribution in [2.75, 3.05) is 36.0 Å². The summed E-state index contributed by atoms with van der Waals surface area (Å²) in [6.45, 7) is 6.06. The molecule has 0 spiro atoms. The summed E-state index contributed by atoms with van der Waals surface area (Å²) in [5.74, 6) is 0. The number of anilines is 2. The SMILES string of the molecule is CCc1ccc2nc(N3CCN(c4nc5ccc(Cl)cc5s4)CC3)sc2c1. The second-order valence-electron chi connectivity index (χ2n) is 6.73. The molecule has 2 aromatic heterocycles. The molecule has 4 aromatic rings. The van der Waals surface area contributed by atoms with Gasteiger partial charge >= 0.3 is 0 Å². The van der Waals surface area contributed by atoms with E-state index in [1.54, 1.807) is 22.7 Å². The monoisotopic (exact) mass is 414 g/mol. The highest BCUT2D eigenvalue weighted by molar-refractivity contribution is 7.22. The lowest BCUT2D eigenvalue weighted by Crippen LogP contribution is -2.46. The molecule has 0 atom stereocenters. The molecule has 5 rings (SSSR count). The van der Waals surface area contributed by atoms with Crippen LogP contribution in [0.3, 0.4) is 0 Å². The van der Waals surface area contributed by atoms with Gasteiger partial charge in [-0.2, -0.15) is 0 Å². The maximum absolute atomic E-state index is 6.11. The smallest absolute Gasteiger partial charge is 0.186 e. The number of rotatable bonds is 3. The fourth-order valence-electron chi connectivity index (χ4n) is 3.42. The van der Waals surface area contributed by atoms with Crippen LogP contribution in [0.1, 0.15) is 12.5 Å². The third-order valence-corrected chi connectivity index (χ3v) is 7.40. The molecule has 2 aromatic carbocycles. The van der Waals surface area contributed by atoms with E-state index in [2.05, 4.69) is 34.9 Å². The number of nitrogens with zero attached hydrogens (tertiary/aromatic N) is 4. The first-order valence-corrected chi connectivity index (χ1v) is 11.2. The third kappa shape index (κ3) is 3.26. The first-order valence-electron chi connectivity index (χ1n) is 9.15. The fraction of sp³-hybridized carbons (Fsp3) is 0.300. The summed E-state index contributed by atoms with van der Waals surface area (Å²) >= 11 is 9.63. The van der Waals surface area contributed by atoms with E-state index in [1.807, 2.05) is 18.2 Å². The summed E-state index contributed by atoms with van der Waals surface area (Å²) in [5.41, 5.74) is 3.51. The Kier molecular flexibility index (Phi) is 4.42. The minimum atomic E-state index is 0.768. The minimum Gasteiger partial charge on any atom is -0.345 e. The van der Waals surface area contributed by atoms with Crippen molar-refractivity contribution < 1.29 is 0 Å². The van der Waals surface area contributed by atoms with Gasteiger partial charge in [0.1, 0.15) is 0 Å². The summed E-state index contributed by atoms with van der Waals surface area (Å²) in [6.07, 6.45) is 1.06. The summed E-state index contributed by atoms with van der Waals surface area (Å²) < 4.78 is 2.44. The predicted molar refractivity (Wildman–Crippen MR) is 118 cm³/mol. The average molecular weight is 415 g/mol. The number of benzene rings is 2. The molecule has 0 N–H and O–H groups in total. The molecule has 138 valence electrons. The van der Waals surface area contributed by atoms with Crippen LogP contribution in [-0.2, 0) is 6.42 Å². The Balaban J connectivity index is 1.33. The topological polar surface area (TPSA) is 32.3 Å². The summed E-state index contributed by atoms with van der Waals surface area (Å²) in [5, 5.41) is 2.99. The highest BCUT2D eigenvalue weighted by Crippen LogP contribution is 2.33. The van der Waals surface area contributed by atoms with E-state index < -0.39 is 0 Å². The molecule has 7 heteroatoms. The Hall–Kier alpha value is -1.89. The van der Waals surface area contributed by atoms with Crippen molar-refractivity contribution in [3.05, 3.63) is 47.0 Å². The van der Waals surface area contributed by atoms with E-state index in [9.17, 15) is 0 Å². The lowest BCUT2D eigenvalue weighted by molar-refractivity contribution is 0.651. The van der Waals surface area contributed by atoms with Gasteiger partial charge in [0.15, 0.2) is 10.3 Å². The number of fused-ring (bicyclic) bond motifs is 2. The van der Waals surface area contributed by atoms with Gasteiger partial charge in [0.2, 0.25) is 0 Å². The molecule has 1 aliphatic heterocycles. The second-order valence-corrected chi connectivity index (χ2v) is 9.19. The van der Waals surface area contributed by atoms with Crippen LogP contribution >= 0.6 is 34.3 Å². The second kappa shape index (κ2) is 6.93. The summed E-state index contributed by atoms with van der Waals surface area (Å²) in [7, 11) is 0. The highest BCUT2D eigenvalue weighted by atomic mass is 35.5. The predicted octanol–water partition coefficient (Wildman–Crippen LogP) is 5.45. The van der Waals surface area contributed by atoms with E-state index in [1.165, 1.54) is 10.3 Å². The van der Waals surface area contributed by atoms with E-state index in [-0.39, 0.29) is 0 Å². The van der Waals surface area contributed by atoms with Crippen molar-refractivity contribution in [1.82, 2.24) is 9.97 Å². The van der Waals surface area contributed by atoms with Gasteiger partial charge in [-0.15, -0.1) is 0 Å². The zero-order valence-electron chi connectivity index (χ0n) is 15.0. The maximum atomic E-state index is 6.11. The lowest BCUT2D eigenvalue weighted by atomic mass is 10.2. The quantitative estimate of drug-likeness (QED) is 0.446. The van der Waals surface area contributed by atoms with Crippen molar-refractivity contribution >= 4 is 65.0 Å². The van der Waals surface area contributed by atoms with Gasteiger partial charge in [0, 0.05) is 31.2 Å². The molecule has 0 amide bonds. The van der Waals surface area contributed by atoms with Crippen LogP contribution in [0.25, 0.3) is 20.4 Å². The highest BCUT2D eigenvalue weighted by Gasteiger charge is 2.22. The molecule has 1 saturated heterocycles. The van der Waals surface area contributed by atoms with Gasteiger partial charge < -0.3 is 9.80 Å². The number of piperazine rings is 1. The van der Waals surface area contributed by atoms with Crippen molar-refractivity contribution in [1.29, 1.82) is 0 Å². The first-order chi connectivity index (χ1) is 13.2. The van der Waals surface area contributed by atoms with Gasteiger partial charge in [0.05, 0.1) is 20.4 Å². The standard InChI is InChI=1S/C20H19ClN4S2/c1-2-13-3-5-15-17(11-13)26-19(22-15)24-7-9-25(10-8-24)20-23-16-6-4-14(21)12-18(16)27-20/h3-6,11-12H,2,7-10H2,1H3. The molecule has 0 unspecified atom stereocenters. The zero-order chi connectivity index (χ0) is 18.4. The Morgan fingerprint density at radius 3 is 2.00 bits per heavy atom. The molecule has 4 nitrogen and oxygen atoms in total. The number of halogens is 1. The van der Waals surface area contributed by atoms with Gasteiger partial charge in [-0.25, -0.2) is 9.97 Å². The molecule has 27 heavy (non-hydrogen) atoms. The molecule has 0 radical (unpaired) electrons. The average Bonchev–Trinajstić information content (AvgIpc) is 3.31. The van der Waals surface area contributed by atoms with Crippen molar-refractivity contribution in [2.24, 2.45) is 0 Å². The van der Waals surface area contributed by atoms with Gasteiger partial charge in [-0.3, -0.25) is 0 Å². The van der Waals surface area contributed by atoms with Crippen LogP contribution in [-0.4, -0.2) is 36.1 Å². The van der Waals surface area contributed by atoms with E-state index in [4.69, 9.17) is 21.6 Å². The third-order valence-electron chi connectivity index (χ3n) is 5.01. The molecular formula is C20H19ClN4S2. The molecular weight excluding hydrogens is 396 g/mol. The molecule has 0 aliphatic carbocycles. The van der Waals surface area contributed by atoms with Crippen LogP contribution in [0.2, 0.25) is 5.02 Å². The molecule has 3 heterocycles. The van der Waals surface area contributed by atoms with Crippen LogP contribution < -0.4 is 9.80 Å². The van der Waals surface area contributed by atoms with Gasteiger partial charge in [-0.05, 0) is 42.3 Å². The fourth-order valence-corrected chi connectivity index (χ4v) is 5.80. The number of hydrogen-bond donors (Lipinski definition) is 0. The van der Waals surface area contributed by atoms with Crippen molar-refractivity contribution in [2.45, 2.75) is 13.3 Å². The molecule has 0 bridgehead atoms. The number of thiazole rings is 2. The van der Waals surface area contributed by atoms with Gasteiger partial charge in [-0.1, -0.05) is 47.3 Å². The van der Waals surface area contributed by atoms with Crippen molar-refractivity contribution in [3.63, 3.8) is 0 Å². The Bertz CT molecular complexity index is 1110. The van der Waals surface area contributed by atoms with Crippen LogP contribution in [0, 0.1) is 0 Å². The molecule has 0 saturated carbocycles. The minimum absolute atomic E-state index is 0.768. The maximum Gasteiger partial charge on any atom is 0.186 e. The van der Waals surface area contributed by atoms with Crippen LogP contribution in [0.15, 0.2) is 36.4 Å². The first kappa shape index (κ1) is 17.2. The normalized spacial score (nSPS) is 15.2. The Morgan fingerprint density at radius 1 is 0.852 bits per heavy atom. The summed E-state index contributed by atoms with van der Waals surface area (Å²) in [6, 6.07) is 12.5. The van der Waals surface area contributed by atoms with Crippen LogP contribution in [0.4, 0.5) is 10.3 Å². The van der Waals surface area contributed by atoms with E-state index >= 15 is 0 Å². The largest absolute Gasteiger partial charge is 0.345 e. The van der Waals surface area contributed by atoms with Crippen LogP contribution in [0.5, 0.6) is 0 Å². The number of aromatic nitrogens is 2. The number of aryl methyl sites for hydroxylation is 1. The molecule has 1 fully saturated rings. The van der Waals surface area contributed by atoms with E-state index in [0.29, 0.717) is 0 Å². The van der Waals surface area contributed by atoms with Gasteiger partial charge in [0.25, 0.3) is 0 Å². The lowest BCUT2D eigenvalue weighted by Gasteiger charge is -2.34. The Morgan fingerprint density at radius 2 is 1.41 bits per heavy atom.